The predicted molar refractivity (Wildman–Crippen MR) is 144 cm³/mol. The maximum absolute atomic E-state index is 14.0. The second-order valence-corrected chi connectivity index (χ2v) is 18.2. The summed E-state index contributed by atoms with van der Waals surface area (Å²) in [6.45, 7) is 14.1. The molecule has 1 fully saturated rings. The molecule has 1 aliphatic heterocycles. The number of hydrogen-bond donors (Lipinski definition) is 4. The monoisotopic (exact) mass is 529 g/mol. The van der Waals surface area contributed by atoms with Crippen molar-refractivity contribution in [3.8, 4) is 0 Å². The molecule has 10 heteroatoms. The summed E-state index contributed by atoms with van der Waals surface area (Å²) in [5, 5.41) is 23.7. The average molecular weight is 530 g/mol. The summed E-state index contributed by atoms with van der Waals surface area (Å²) < 4.78 is 14.0. The lowest BCUT2D eigenvalue weighted by atomic mass is 9.83. The van der Waals surface area contributed by atoms with E-state index in [9.17, 15) is 19.1 Å². The highest BCUT2D eigenvalue weighted by Gasteiger charge is 2.54. The molecule has 1 aromatic carbocycles. The van der Waals surface area contributed by atoms with Crippen LogP contribution in [0.15, 0.2) is 24.3 Å². The quantitative estimate of drug-likeness (QED) is 0.359. The number of amides is 3. The van der Waals surface area contributed by atoms with Gasteiger partial charge < -0.3 is 20.6 Å². The minimum Gasteiger partial charge on any atom is -0.390 e. The number of carbonyl (C=O) groups is 2. The topological polar surface area (TPSA) is 110 Å². The molecule has 8 nitrogen and oxygen atoms in total. The summed E-state index contributed by atoms with van der Waals surface area (Å²) in [5.74, 6) is 0.105. The van der Waals surface area contributed by atoms with E-state index in [1.54, 1.807) is 30.9 Å². The standard InChI is InChI=1S/C27H40FN5O3Si/c1-25(2,36)15-20(17-10-8-11-18(28)14-17)29-24(35)33-16-19-21(26(33,3)4)31-32-22(19)30-23(34)27(12-9-13-27)37(5,6)7/h8,10-11,14,20,36H,9,12-13,15-16H2,1-7H3,(H,29,35)(H2,30,31,32,34). The molecule has 0 spiro atoms. The molecule has 0 bridgehead atoms. The van der Waals surface area contributed by atoms with Gasteiger partial charge >= 0.3 is 6.03 Å². The van der Waals surface area contributed by atoms with Crippen molar-refractivity contribution in [2.45, 2.75) is 102 Å². The van der Waals surface area contributed by atoms with Gasteiger partial charge in [0.2, 0.25) is 5.91 Å². The molecule has 1 aromatic heterocycles. The number of anilines is 1. The Balaban J connectivity index is 1.55. The molecule has 1 aliphatic carbocycles. The van der Waals surface area contributed by atoms with E-state index in [1.807, 2.05) is 13.8 Å². The number of benzene rings is 1. The largest absolute Gasteiger partial charge is 0.390 e. The van der Waals surface area contributed by atoms with Crippen LogP contribution in [0.3, 0.4) is 0 Å². The van der Waals surface area contributed by atoms with Gasteiger partial charge in [-0.15, -0.1) is 0 Å². The zero-order chi connectivity index (χ0) is 27.4. The molecule has 2 heterocycles. The molecule has 4 rings (SSSR count). The number of hydrogen-bond acceptors (Lipinski definition) is 4. The molecular formula is C27H40FN5O3Si. The zero-order valence-electron chi connectivity index (χ0n) is 23.0. The number of H-pyrrole nitrogens is 1. The first-order valence-corrected chi connectivity index (χ1v) is 16.5. The summed E-state index contributed by atoms with van der Waals surface area (Å²) in [6.07, 6.45) is 3.09. The maximum Gasteiger partial charge on any atom is 0.318 e. The predicted octanol–water partition coefficient (Wildman–Crippen LogP) is 5.41. The molecule has 0 radical (unpaired) electrons. The van der Waals surface area contributed by atoms with E-state index in [0.29, 0.717) is 11.4 Å². The lowest BCUT2D eigenvalue weighted by Crippen LogP contribution is -2.52. The van der Waals surface area contributed by atoms with E-state index in [-0.39, 0.29) is 29.9 Å². The van der Waals surface area contributed by atoms with Crippen molar-refractivity contribution in [1.82, 2.24) is 20.4 Å². The van der Waals surface area contributed by atoms with Gasteiger partial charge in [0, 0.05) is 17.0 Å². The normalized spacial score (nSPS) is 19.1. The van der Waals surface area contributed by atoms with Gasteiger partial charge in [0.1, 0.15) is 5.82 Å². The third kappa shape index (κ3) is 5.05. The van der Waals surface area contributed by atoms with Gasteiger partial charge in [0.15, 0.2) is 5.82 Å². The van der Waals surface area contributed by atoms with Gasteiger partial charge in [-0.2, -0.15) is 5.10 Å². The van der Waals surface area contributed by atoms with Crippen molar-refractivity contribution in [3.63, 3.8) is 0 Å². The lowest BCUT2D eigenvalue weighted by Gasteiger charge is -2.48. The fourth-order valence-electron chi connectivity index (χ4n) is 5.72. The molecule has 202 valence electrons. The Bertz CT molecular complexity index is 1190. The third-order valence-electron chi connectivity index (χ3n) is 8.28. The summed E-state index contributed by atoms with van der Waals surface area (Å²) in [6, 6.07) is 5.12. The highest BCUT2D eigenvalue weighted by Crippen LogP contribution is 2.56. The first kappa shape index (κ1) is 27.3. The van der Waals surface area contributed by atoms with Crippen molar-refractivity contribution in [1.29, 1.82) is 0 Å². The van der Waals surface area contributed by atoms with Gasteiger partial charge in [0.05, 0.1) is 37.5 Å². The van der Waals surface area contributed by atoms with Crippen LogP contribution >= 0.6 is 0 Å². The number of aromatic amines is 1. The van der Waals surface area contributed by atoms with Crippen molar-refractivity contribution in [2.75, 3.05) is 5.32 Å². The highest BCUT2D eigenvalue weighted by atomic mass is 28.3. The number of nitrogens with zero attached hydrogens (tertiary/aromatic N) is 2. The summed E-state index contributed by atoms with van der Waals surface area (Å²) >= 11 is 0. The van der Waals surface area contributed by atoms with Crippen LogP contribution in [0.5, 0.6) is 0 Å². The van der Waals surface area contributed by atoms with Gasteiger partial charge in [-0.05, 0) is 58.2 Å². The Labute approximate surface area is 219 Å². The minimum atomic E-state index is -1.75. The Morgan fingerprint density at radius 2 is 1.95 bits per heavy atom. The first-order valence-electron chi connectivity index (χ1n) is 13.0. The number of aromatic nitrogens is 2. The average Bonchev–Trinajstić information content (AvgIpc) is 3.22. The van der Waals surface area contributed by atoms with E-state index >= 15 is 0 Å². The summed E-state index contributed by atoms with van der Waals surface area (Å²) in [7, 11) is -1.75. The van der Waals surface area contributed by atoms with Crippen LogP contribution in [0.1, 0.15) is 76.2 Å². The lowest BCUT2D eigenvalue weighted by molar-refractivity contribution is -0.121. The van der Waals surface area contributed by atoms with E-state index in [2.05, 4.69) is 40.5 Å². The van der Waals surface area contributed by atoms with Crippen molar-refractivity contribution < 1.29 is 19.1 Å². The number of fused-ring (bicyclic) bond motifs is 1. The van der Waals surface area contributed by atoms with E-state index in [1.165, 1.54) is 12.1 Å². The van der Waals surface area contributed by atoms with Crippen LogP contribution in [0, 0.1) is 5.82 Å². The van der Waals surface area contributed by atoms with Crippen LogP contribution in [0.2, 0.25) is 24.7 Å². The molecule has 1 saturated carbocycles. The fraction of sp³-hybridized carbons (Fsp3) is 0.593. The Morgan fingerprint density at radius 1 is 1.27 bits per heavy atom. The van der Waals surface area contributed by atoms with Crippen LogP contribution in [-0.4, -0.2) is 45.8 Å². The smallest absolute Gasteiger partial charge is 0.318 e. The molecule has 2 aromatic rings. The third-order valence-corrected chi connectivity index (χ3v) is 11.9. The molecule has 4 N–H and O–H groups in total. The first-order chi connectivity index (χ1) is 17.0. The van der Waals surface area contributed by atoms with E-state index in [0.717, 1.165) is 30.5 Å². The molecule has 0 saturated heterocycles. The second-order valence-electron chi connectivity index (χ2n) is 12.8. The van der Waals surface area contributed by atoms with Crippen molar-refractivity contribution in [2.24, 2.45) is 0 Å². The van der Waals surface area contributed by atoms with Gasteiger partial charge in [-0.3, -0.25) is 9.89 Å². The van der Waals surface area contributed by atoms with Crippen LogP contribution in [0.4, 0.5) is 15.0 Å². The molecule has 3 amide bonds. The summed E-state index contributed by atoms with van der Waals surface area (Å²) in [5.41, 5.74) is 0.355. The van der Waals surface area contributed by atoms with Crippen LogP contribution < -0.4 is 10.6 Å². The molecule has 37 heavy (non-hydrogen) atoms. The van der Waals surface area contributed by atoms with Crippen LogP contribution in [-0.2, 0) is 16.9 Å². The zero-order valence-corrected chi connectivity index (χ0v) is 24.0. The number of urea groups is 1. The second kappa shape index (κ2) is 9.23. The number of rotatable bonds is 7. The summed E-state index contributed by atoms with van der Waals surface area (Å²) in [4.78, 5) is 28.7. The Hall–Kier alpha value is -2.72. The minimum absolute atomic E-state index is 0.0317. The molecule has 1 atom stereocenters. The number of halogens is 1. The Morgan fingerprint density at radius 3 is 2.49 bits per heavy atom. The van der Waals surface area contributed by atoms with Crippen LogP contribution in [0.25, 0.3) is 0 Å². The fourth-order valence-corrected chi connectivity index (χ4v) is 8.32. The molecular weight excluding hydrogens is 489 g/mol. The number of aliphatic hydroxyl groups is 1. The van der Waals surface area contributed by atoms with E-state index in [4.69, 9.17) is 0 Å². The number of nitrogens with one attached hydrogen (secondary N) is 3. The molecule has 1 unspecified atom stereocenters. The van der Waals surface area contributed by atoms with Gasteiger partial charge in [-0.1, -0.05) is 38.2 Å². The molecule has 2 aliphatic rings. The number of carbonyl (C=O) groups excluding carboxylic acids is 2. The van der Waals surface area contributed by atoms with Crippen molar-refractivity contribution >= 4 is 25.8 Å². The van der Waals surface area contributed by atoms with Gasteiger partial charge in [0.25, 0.3) is 0 Å². The van der Waals surface area contributed by atoms with Crippen molar-refractivity contribution in [3.05, 3.63) is 46.9 Å². The highest BCUT2D eigenvalue weighted by molar-refractivity contribution is 6.83. The van der Waals surface area contributed by atoms with Gasteiger partial charge in [-0.25, -0.2) is 9.18 Å². The maximum atomic E-state index is 14.0. The SMILES string of the molecule is CC(C)(O)CC(NC(=O)N1Cc2c(NC(=O)C3([Si](C)(C)C)CCC3)n[nH]c2C1(C)C)c1cccc(F)c1. The Kier molecular flexibility index (Phi) is 6.82. The van der Waals surface area contributed by atoms with E-state index < -0.39 is 31.1 Å².